The number of aliphatic carboxylic acids is 1. The van der Waals surface area contributed by atoms with Crippen molar-refractivity contribution in [2.75, 3.05) is 5.32 Å². The van der Waals surface area contributed by atoms with Crippen molar-refractivity contribution in [3.8, 4) is 0 Å². The first-order valence-corrected chi connectivity index (χ1v) is 4.83. The Balaban J connectivity index is 2.33. The van der Waals surface area contributed by atoms with E-state index in [0.29, 0.717) is 0 Å². The van der Waals surface area contributed by atoms with E-state index >= 15 is 0 Å². The van der Waals surface area contributed by atoms with Crippen molar-refractivity contribution in [2.24, 2.45) is 0 Å². The van der Waals surface area contributed by atoms with E-state index in [1.807, 2.05) is 30.3 Å². The van der Waals surface area contributed by atoms with E-state index in [-0.39, 0.29) is 5.70 Å². The summed E-state index contributed by atoms with van der Waals surface area (Å²) in [6, 6.07) is 7.47. The molecule has 0 spiro atoms. The zero-order chi connectivity index (χ0) is 11.5. The Labute approximate surface area is 92.5 Å². The third kappa shape index (κ3) is 1.97. The molecule has 4 nitrogen and oxygen atoms in total. The van der Waals surface area contributed by atoms with Gasteiger partial charge in [-0.2, -0.15) is 0 Å². The minimum atomic E-state index is -1.53. The molecule has 4 heteroatoms. The molecule has 0 fully saturated rings. The van der Waals surface area contributed by atoms with Crippen molar-refractivity contribution in [2.45, 2.75) is 6.10 Å². The average Bonchev–Trinajstić information content (AvgIpc) is 2.49. The van der Waals surface area contributed by atoms with E-state index in [2.05, 4.69) is 5.32 Å². The number of hydrogen-bond donors (Lipinski definition) is 3. The molecule has 1 unspecified atom stereocenters. The molecule has 1 heterocycles. The molecule has 0 saturated heterocycles. The zero-order valence-electron chi connectivity index (χ0n) is 8.42. The van der Waals surface area contributed by atoms with Crippen molar-refractivity contribution < 1.29 is 15.0 Å². The third-order valence-corrected chi connectivity index (χ3v) is 2.32. The van der Waals surface area contributed by atoms with E-state index in [4.69, 9.17) is 5.11 Å². The monoisotopic (exact) mass is 217 g/mol. The van der Waals surface area contributed by atoms with Gasteiger partial charge < -0.3 is 15.5 Å². The molecule has 0 aromatic heterocycles. The smallest absolute Gasteiger partial charge is 0.338 e. The number of hydrogen-bond acceptors (Lipinski definition) is 3. The molecule has 16 heavy (non-hydrogen) atoms. The predicted octanol–water partition coefficient (Wildman–Crippen LogP) is 1.45. The number of anilines is 1. The molecule has 1 aliphatic heterocycles. The highest BCUT2D eigenvalue weighted by Gasteiger charge is 2.19. The molecular weight excluding hydrogens is 206 g/mol. The molecule has 2 rings (SSSR count). The van der Waals surface area contributed by atoms with Crippen molar-refractivity contribution in [1.82, 2.24) is 0 Å². The maximum atomic E-state index is 10.7. The van der Waals surface area contributed by atoms with Gasteiger partial charge in [-0.15, -0.1) is 0 Å². The lowest BCUT2D eigenvalue weighted by molar-refractivity contribution is -0.144. The van der Waals surface area contributed by atoms with Crippen LogP contribution in [0.15, 0.2) is 42.1 Å². The summed E-state index contributed by atoms with van der Waals surface area (Å²) in [5.74, 6) is -1.27. The van der Waals surface area contributed by atoms with Gasteiger partial charge in [0.05, 0.1) is 5.70 Å². The SMILES string of the molecule is O=C(O)C(O)C1=CC=Cc2ccccc2N1. The van der Waals surface area contributed by atoms with Gasteiger partial charge in [-0.1, -0.05) is 30.4 Å². The summed E-state index contributed by atoms with van der Waals surface area (Å²) in [7, 11) is 0. The Kier molecular flexibility index (Phi) is 2.74. The lowest BCUT2D eigenvalue weighted by Crippen LogP contribution is -2.26. The Bertz CT molecular complexity index is 477. The van der Waals surface area contributed by atoms with Crippen molar-refractivity contribution >= 4 is 17.7 Å². The Hall–Kier alpha value is -2.07. The Morgan fingerprint density at radius 3 is 2.81 bits per heavy atom. The summed E-state index contributed by atoms with van der Waals surface area (Å²) in [5.41, 5.74) is 1.99. The molecule has 1 atom stereocenters. The van der Waals surface area contributed by atoms with Crippen LogP contribution in [-0.2, 0) is 4.79 Å². The molecule has 1 aromatic rings. The summed E-state index contributed by atoms with van der Waals surface area (Å²) in [4.78, 5) is 10.7. The topological polar surface area (TPSA) is 69.6 Å². The normalized spacial score (nSPS) is 15.4. The summed E-state index contributed by atoms with van der Waals surface area (Å²) in [5, 5.41) is 21.1. The molecule has 82 valence electrons. The zero-order valence-corrected chi connectivity index (χ0v) is 8.42. The number of allylic oxidation sites excluding steroid dienone is 2. The molecule has 1 aromatic carbocycles. The predicted molar refractivity (Wildman–Crippen MR) is 60.8 cm³/mol. The Morgan fingerprint density at radius 2 is 2.06 bits per heavy atom. The molecule has 0 bridgehead atoms. The average molecular weight is 217 g/mol. The van der Waals surface area contributed by atoms with Crippen LogP contribution in [0.2, 0.25) is 0 Å². The number of aliphatic hydroxyl groups is 1. The van der Waals surface area contributed by atoms with E-state index in [1.54, 1.807) is 12.2 Å². The van der Waals surface area contributed by atoms with Crippen molar-refractivity contribution in [1.29, 1.82) is 0 Å². The summed E-state index contributed by atoms with van der Waals surface area (Å²) in [6.45, 7) is 0. The van der Waals surface area contributed by atoms with Gasteiger partial charge >= 0.3 is 5.97 Å². The highest BCUT2D eigenvalue weighted by atomic mass is 16.4. The lowest BCUT2D eigenvalue weighted by Gasteiger charge is -2.13. The first-order chi connectivity index (χ1) is 7.68. The number of carboxylic acid groups (broad SMARTS) is 1. The molecule has 3 N–H and O–H groups in total. The van der Waals surface area contributed by atoms with Crippen LogP contribution < -0.4 is 5.32 Å². The second kappa shape index (κ2) is 4.20. The van der Waals surface area contributed by atoms with Crippen LogP contribution in [0.4, 0.5) is 5.69 Å². The second-order valence-corrected chi connectivity index (χ2v) is 3.43. The fourth-order valence-corrected chi connectivity index (χ4v) is 1.50. The summed E-state index contributed by atoms with van der Waals surface area (Å²) in [6.07, 6.45) is 3.58. The molecule has 0 amide bonds. The second-order valence-electron chi connectivity index (χ2n) is 3.43. The fourth-order valence-electron chi connectivity index (χ4n) is 1.50. The highest BCUT2D eigenvalue weighted by molar-refractivity contribution is 5.80. The lowest BCUT2D eigenvalue weighted by atomic mass is 10.1. The number of carboxylic acids is 1. The van der Waals surface area contributed by atoms with Gasteiger partial charge in [0.1, 0.15) is 0 Å². The van der Waals surface area contributed by atoms with E-state index in [1.165, 1.54) is 0 Å². The molecule has 0 saturated carbocycles. The van der Waals surface area contributed by atoms with Gasteiger partial charge in [0.15, 0.2) is 6.10 Å². The first kappa shape index (κ1) is 10.4. The largest absolute Gasteiger partial charge is 0.479 e. The Morgan fingerprint density at radius 1 is 1.31 bits per heavy atom. The number of fused-ring (bicyclic) bond motifs is 1. The number of rotatable bonds is 2. The maximum absolute atomic E-state index is 10.7. The number of benzene rings is 1. The van der Waals surface area contributed by atoms with Gasteiger partial charge in [0.25, 0.3) is 0 Å². The number of nitrogens with one attached hydrogen (secondary N) is 1. The van der Waals surface area contributed by atoms with Gasteiger partial charge in [0.2, 0.25) is 0 Å². The first-order valence-electron chi connectivity index (χ1n) is 4.83. The van der Waals surface area contributed by atoms with E-state index < -0.39 is 12.1 Å². The summed E-state index contributed by atoms with van der Waals surface area (Å²) < 4.78 is 0. The van der Waals surface area contributed by atoms with Gasteiger partial charge in [-0.25, -0.2) is 4.79 Å². The van der Waals surface area contributed by atoms with Crippen molar-refractivity contribution in [3.63, 3.8) is 0 Å². The maximum Gasteiger partial charge on any atom is 0.338 e. The van der Waals surface area contributed by atoms with Crippen molar-refractivity contribution in [3.05, 3.63) is 47.7 Å². The molecule has 0 radical (unpaired) electrons. The minimum Gasteiger partial charge on any atom is -0.479 e. The number of aliphatic hydroxyl groups excluding tert-OH is 1. The van der Waals surface area contributed by atoms with Gasteiger partial charge in [-0.05, 0) is 17.7 Å². The van der Waals surface area contributed by atoms with Crippen LogP contribution in [0.1, 0.15) is 5.56 Å². The molecule has 1 aliphatic rings. The molecule has 0 aliphatic carbocycles. The van der Waals surface area contributed by atoms with Gasteiger partial charge in [0, 0.05) is 5.69 Å². The standard InChI is InChI=1S/C12H11NO3/c14-11(12(15)16)10-7-3-5-8-4-1-2-6-9(8)13-10/h1-7,11,13-14H,(H,15,16). The van der Waals surface area contributed by atoms with Crippen LogP contribution in [0.5, 0.6) is 0 Å². The molecular formula is C12H11NO3. The van der Waals surface area contributed by atoms with Crippen LogP contribution in [0.3, 0.4) is 0 Å². The number of para-hydroxylation sites is 1. The highest BCUT2D eigenvalue weighted by Crippen LogP contribution is 2.22. The van der Waals surface area contributed by atoms with Crippen LogP contribution in [0.25, 0.3) is 6.08 Å². The van der Waals surface area contributed by atoms with Gasteiger partial charge in [-0.3, -0.25) is 0 Å². The van der Waals surface area contributed by atoms with Crippen LogP contribution in [0, 0.1) is 0 Å². The fraction of sp³-hybridized carbons (Fsp3) is 0.0833. The quantitative estimate of drug-likeness (QED) is 0.701. The number of carbonyl (C=O) groups is 1. The van der Waals surface area contributed by atoms with E-state index in [9.17, 15) is 9.90 Å². The van der Waals surface area contributed by atoms with E-state index in [0.717, 1.165) is 11.3 Å². The summed E-state index contributed by atoms with van der Waals surface area (Å²) >= 11 is 0. The van der Waals surface area contributed by atoms with Crippen LogP contribution in [-0.4, -0.2) is 22.3 Å². The van der Waals surface area contributed by atoms with Crippen LogP contribution >= 0.6 is 0 Å². The third-order valence-electron chi connectivity index (χ3n) is 2.32. The minimum absolute atomic E-state index is 0.258.